The van der Waals surface area contributed by atoms with E-state index in [0.717, 1.165) is 10.7 Å². The van der Waals surface area contributed by atoms with Gasteiger partial charge < -0.3 is 9.88 Å². The Balaban J connectivity index is 1.93. The first kappa shape index (κ1) is 13.6. The SMILES string of the molecule is Cc1ccc(NC(=O)CSc2nccn2C)c(F)c1. The summed E-state index contributed by atoms with van der Waals surface area (Å²) in [6.45, 7) is 1.80. The van der Waals surface area contributed by atoms with Crippen molar-refractivity contribution in [1.82, 2.24) is 9.55 Å². The maximum Gasteiger partial charge on any atom is 0.234 e. The number of aromatic nitrogens is 2. The van der Waals surface area contributed by atoms with Gasteiger partial charge in [-0.2, -0.15) is 0 Å². The highest BCUT2D eigenvalue weighted by Crippen LogP contribution is 2.17. The van der Waals surface area contributed by atoms with Crippen LogP contribution in [-0.4, -0.2) is 21.2 Å². The first-order valence-electron chi connectivity index (χ1n) is 5.72. The van der Waals surface area contributed by atoms with E-state index in [1.165, 1.54) is 17.8 Å². The van der Waals surface area contributed by atoms with Crippen LogP contribution in [0.15, 0.2) is 35.7 Å². The molecular weight excluding hydrogens is 265 g/mol. The minimum atomic E-state index is -0.421. The van der Waals surface area contributed by atoms with Crippen LogP contribution in [0.1, 0.15) is 5.56 Å². The molecule has 1 heterocycles. The zero-order valence-corrected chi connectivity index (χ0v) is 11.5. The smallest absolute Gasteiger partial charge is 0.234 e. The lowest BCUT2D eigenvalue weighted by Gasteiger charge is -2.06. The van der Waals surface area contributed by atoms with Gasteiger partial charge in [0.05, 0.1) is 11.4 Å². The van der Waals surface area contributed by atoms with E-state index < -0.39 is 5.82 Å². The lowest BCUT2D eigenvalue weighted by Crippen LogP contribution is -2.15. The summed E-state index contributed by atoms with van der Waals surface area (Å²) in [5.41, 5.74) is 1.02. The zero-order chi connectivity index (χ0) is 13.8. The van der Waals surface area contributed by atoms with Gasteiger partial charge in [0.15, 0.2) is 5.16 Å². The van der Waals surface area contributed by atoms with Crippen LogP contribution in [0.25, 0.3) is 0 Å². The van der Waals surface area contributed by atoms with Crippen LogP contribution in [0.3, 0.4) is 0 Å². The number of carbonyl (C=O) groups excluding carboxylic acids is 1. The highest BCUT2D eigenvalue weighted by Gasteiger charge is 2.09. The van der Waals surface area contributed by atoms with E-state index in [2.05, 4.69) is 10.3 Å². The second-order valence-corrected chi connectivity index (χ2v) is 5.08. The van der Waals surface area contributed by atoms with Gasteiger partial charge in [-0.3, -0.25) is 4.79 Å². The predicted octanol–water partition coefficient (Wildman–Crippen LogP) is 2.60. The van der Waals surface area contributed by atoms with E-state index in [1.807, 2.05) is 11.6 Å². The molecule has 0 aliphatic heterocycles. The van der Waals surface area contributed by atoms with Gasteiger partial charge in [-0.1, -0.05) is 17.8 Å². The number of rotatable bonds is 4. The van der Waals surface area contributed by atoms with E-state index in [-0.39, 0.29) is 17.3 Å². The van der Waals surface area contributed by atoms with Crippen molar-refractivity contribution in [3.8, 4) is 0 Å². The van der Waals surface area contributed by atoms with E-state index in [1.54, 1.807) is 31.5 Å². The summed E-state index contributed by atoms with van der Waals surface area (Å²) in [6, 6.07) is 4.71. The van der Waals surface area contributed by atoms with E-state index in [0.29, 0.717) is 0 Å². The normalized spacial score (nSPS) is 10.5. The average Bonchev–Trinajstić information content (AvgIpc) is 2.76. The lowest BCUT2D eigenvalue weighted by atomic mass is 10.2. The third-order valence-electron chi connectivity index (χ3n) is 2.51. The molecule has 0 aliphatic rings. The number of carbonyl (C=O) groups is 1. The molecule has 0 aliphatic carbocycles. The summed E-state index contributed by atoms with van der Waals surface area (Å²) in [5, 5.41) is 3.30. The van der Waals surface area contributed by atoms with Crippen LogP contribution in [-0.2, 0) is 11.8 Å². The number of nitrogens with zero attached hydrogens (tertiary/aromatic N) is 2. The van der Waals surface area contributed by atoms with Crippen LogP contribution < -0.4 is 5.32 Å². The number of thioether (sulfide) groups is 1. The Bertz CT molecular complexity index is 597. The average molecular weight is 279 g/mol. The van der Waals surface area contributed by atoms with Crippen molar-refractivity contribution in [3.05, 3.63) is 42.0 Å². The van der Waals surface area contributed by atoms with Crippen LogP contribution in [0.4, 0.5) is 10.1 Å². The Morgan fingerprint density at radius 1 is 1.53 bits per heavy atom. The Kier molecular flexibility index (Phi) is 4.21. The molecule has 0 fully saturated rings. The van der Waals surface area contributed by atoms with Crippen molar-refractivity contribution in [2.45, 2.75) is 12.1 Å². The second kappa shape index (κ2) is 5.88. The second-order valence-electron chi connectivity index (χ2n) is 4.14. The molecule has 0 atom stereocenters. The number of imidazole rings is 1. The molecule has 1 aromatic heterocycles. The molecule has 0 unspecified atom stereocenters. The highest BCUT2D eigenvalue weighted by molar-refractivity contribution is 7.99. The fourth-order valence-electron chi connectivity index (χ4n) is 1.53. The van der Waals surface area contributed by atoms with Gasteiger partial charge in [-0.25, -0.2) is 9.37 Å². The van der Waals surface area contributed by atoms with E-state index in [9.17, 15) is 9.18 Å². The molecule has 0 radical (unpaired) electrons. The van der Waals surface area contributed by atoms with Crippen molar-refractivity contribution >= 4 is 23.4 Å². The van der Waals surface area contributed by atoms with Gasteiger partial charge in [-0.15, -0.1) is 0 Å². The van der Waals surface area contributed by atoms with Gasteiger partial charge in [0.25, 0.3) is 0 Å². The topological polar surface area (TPSA) is 46.9 Å². The van der Waals surface area contributed by atoms with Crippen molar-refractivity contribution < 1.29 is 9.18 Å². The fourth-order valence-corrected chi connectivity index (χ4v) is 2.26. The summed E-state index contributed by atoms with van der Waals surface area (Å²) < 4.78 is 15.4. The van der Waals surface area contributed by atoms with Crippen LogP contribution >= 0.6 is 11.8 Å². The number of amides is 1. The van der Waals surface area contributed by atoms with Gasteiger partial charge >= 0.3 is 0 Å². The maximum atomic E-state index is 13.6. The molecule has 1 amide bonds. The standard InChI is InChI=1S/C13H14FN3OS/c1-9-3-4-11(10(14)7-9)16-12(18)8-19-13-15-5-6-17(13)2/h3-7H,8H2,1-2H3,(H,16,18). The van der Waals surface area contributed by atoms with Crippen molar-refractivity contribution in [3.63, 3.8) is 0 Å². The summed E-state index contributed by atoms with van der Waals surface area (Å²) in [4.78, 5) is 15.8. The number of hydrogen-bond acceptors (Lipinski definition) is 3. The Morgan fingerprint density at radius 3 is 2.95 bits per heavy atom. The Hall–Kier alpha value is -1.82. The van der Waals surface area contributed by atoms with E-state index >= 15 is 0 Å². The molecule has 2 aromatic rings. The molecule has 1 aromatic carbocycles. The predicted molar refractivity (Wildman–Crippen MR) is 73.7 cm³/mol. The summed E-state index contributed by atoms with van der Waals surface area (Å²) >= 11 is 1.31. The number of halogens is 1. The third kappa shape index (κ3) is 3.57. The number of hydrogen-bond donors (Lipinski definition) is 1. The van der Waals surface area contributed by atoms with Gasteiger partial charge in [-0.05, 0) is 24.6 Å². The molecule has 0 spiro atoms. The molecule has 100 valence electrons. The molecular formula is C13H14FN3OS. The molecule has 1 N–H and O–H groups in total. The highest BCUT2D eigenvalue weighted by atomic mass is 32.2. The van der Waals surface area contributed by atoms with Crippen molar-refractivity contribution in [2.75, 3.05) is 11.1 Å². The van der Waals surface area contributed by atoms with Gasteiger partial charge in [0, 0.05) is 19.4 Å². The number of benzene rings is 1. The molecule has 0 saturated carbocycles. The summed E-state index contributed by atoms with van der Waals surface area (Å²) in [5.74, 6) is -0.482. The molecule has 6 heteroatoms. The van der Waals surface area contributed by atoms with Crippen molar-refractivity contribution in [2.24, 2.45) is 7.05 Å². The van der Waals surface area contributed by atoms with E-state index in [4.69, 9.17) is 0 Å². The largest absolute Gasteiger partial charge is 0.329 e. The number of aryl methyl sites for hydroxylation is 2. The summed E-state index contributed by atoms with van der Waals surface area (Å²) in [7, 11) is 1.85. The van der Waals surface area contributed by atoms with Crippen LogP contribution in [0.5, 0.6) is 0 Å². The number of anilines is 1. The van der Waals surface area contributed by atoms with Crippen LogP contribution in [0, 0.1) is 12.7 Å². The molecule has 19 heavy (non-hydrogen) atoms. The minimum Gasteiger partial charge on any atom is -0.329 e. The van der Waals surface area contributed by atoms with Gasteiger partial charge in [0.2, 0.25) is 5.91 Å². The first-order chi connectivity index (χ1) is 9.06. The Labute approximate surface area is 115 Å². The first-order valence-corrected chi connectivity index (χ1v) is 6.71. The summed E-state index contributed by atoms with van der Waals surface area (Å²) in [6.07, 6.45) is 3.47. The molecule has 2 rings (SSSR count). The quantitative estimate of drug-likeness (QED) is 0.875. The molecule has 0 saturated heterocycles. The molecule has 4 nitrogen and oxygen atoms in total. The molecule has 0 bridgehead atoms. The monoisotopic (exact) mass is 279 g/mol. The van der Waals surface area contributed by atoms with Crippen LogP contribution in [0.2, 0.25) is 0 Å². The third-order valence-corrected chi connectivity index (χ3v) is 3.57. The van der Waals surface area contributed by atoms with Crippen molar-refractivity contribution in [1.29, 1.82) is 0 Å². The zero-order valence-electron chi connectivity index (χ0n) is 10.7. The fraction of sp³-hybridized carbons (Fsp3) is 0.231. The lowest BCUT2D eigenvalue weighted by molar-refractivity contribution is -0.113. The minimum absolute atomic E-state index is 0.193. The Morgan fingerprint density at radius 2 is 2.32 bits per heavy atom. The number of nitrogens with one attached hydrogen (secondary N) is 1. The van der Waals surface area contributed by atoms with Gasteiger partial charge in [0.1, 0.15) is 5.82 Å². The maximum absolute atomic E-state index is 13.6.